The van der Waals surface area contributed by atoms with Gasteiger partial charge in [-0.05, 0) is 41.1 Å². The average molecular weight is 326 g/mol. The van der Waals surface area contributed by atoms with Crippen LogP contribution in [0.3, 0.4) is 0 Å². The van der Waals surface area contributed by atoms with E-state index >= 15 is 0 Å². The Kier molecular flexibility index (Phi) is 2.91. The van der Waals surface area contributed by atoms with Crippen LogP contribution in [0.2, 0.25) is 0 Å². The topological polar surface area (TPSA) is 34.1 Å². The number of carbonyl (C=O) groups is 2. The van der Waals surface area contributed by atoms with Gasteiger partial charge in [-0.25, -0.2) is 0 Å². The van der Waals surface area contributed by atoms with Crippen molar-refractivity contribution >= 4 is 22.3 Å². The van der Waals surface area contributed by atoms with Gasteiger partial charge >= 0.3 is 6.18 Å². The van der Waals surface area contributed by atoms with E-state index in [1.807, 2.05) is 12.1 Å². The molecule has 0 amide bonds. The molecule has 118 valence electrons. The fourth-order valence-electron chi connectivity index (χ4n) is 3.01. The summed E-state index contributed by atoms with van der Waals surface area (Å²) in [5.41, 5.74) is -0.753. The molecule has 2 nitrogen and oxygen atoms in total. The second kappa shape index (κ2) is 4.77. The number of hydrogen-bond acceptors (Lipinski definition) is 2. The lowest BCUT2D eigenvalue weighted by Gasteiger charge is -2.19. The minimum atomic E-state index is -4.57. The molecule has 0 atom stereocenters. The highest BCUT2D eigenvalue weighted by Gasteiger charge is 2.35. The molecule has 3 aromatic carbocycles. The third kappa shape index (κ3) is 2.05. The number of halogens is 3. The molecule has 5 heteroatoms. The largest absolute Gasteiger partial charge is 0.416 e. The van der Waals surface area contributed by atoms with Crippen molar-refractivity contribution in [1.82, 2.24) is 0 Å². The van der Waals surface area contributed by atoms with E-state index in [-0.39, 0.29) is 22.3 Å². The van der Waals surface area contributed by atoms with Crippen LogP contribution >= 0.6 is 0 Å². The molecule has 0 spiro atoms. The van der Waals surface area contributed by atoms with Crippen molar-refractivity contribution in [2.75, 3.05) is 0 Å². The Morgan fingerprint density at radius 3 is 1.67 bits per heavy atom. The number of ketones is 2. The number of rotatable bonds is 0. The molecule has 0 saturated heterocycles. The summed E-state index contributed by atoms with van der Waals surface area (Å²) >= 11 is 0. The number of hydrogen-bond donors (Lipinski definition) is 0. The maximum Gasteiger partial charge on any atom is 0.416 e. The predicted octanol–water partition coefficient (Wildman–Crippen LogP) is 4.63. The van der Waals surface area contributed by atoms with E-state index < -0.39 is 23.3 Å². The SMILES string of the molecule is O=C1c2ccc(C(F)(F)F)cc2C(=O)c2cc3ccccc3cc21. The minimum Gasteiger partial charge on any atom is -0.289 e. The van der Waals surface area contributed by atoms with E-state index in [9.17, 15) is 22.8 Å². The molecule has 4 rings (SSSR count). The second-order valence-electron chi connectivity index (χ2n) is 5.66. The smallest absolute Gasteiger partial charge is 0.289 e. The molecule has 0 radical (unpaired) electrons. The number of alkyl halides is 3. The highest BCUT2D eigenvalue weighted by molar-refractivity contribution is 6.29. The van der Waals surface area contributed by atoms with Gasteiger partial charge in [-0.3, -0.25) is 9.59 Å². The summed E-state index contributed by atoms with van der Waals surface area (Å²) in [5.74, 6) is -0.990. The average Bonchev–Trinajstić information content (AvgIpc) is 2.57. The van der Waals surface area contributed by atoms with Crippen molar-refractivity contribution in [2.24, 2.45) is 0 Å². The minimum absolute atomic E-state index is 0.00998. The van der Waals surface area contributed by atoms with E-state index in [0.29, 0.717) is 0 Å². The molecular formula is C19H9F3O2. The van der Waals surface area contributed by atoms with Crippen molar-refractivity contribution in [3.63, 3.8) is 0 Å². The summed E-state index contributed by atoms with van der Waals surface area (Å²) in [6.45, 7) is 0. The first-order chi connectivity index (χ1) is 11.4. The molecule has 0 aromatic heterocycles. The van der Waals surface area contributed by atoms with E-state index in [4.69, 9.17) is 0 Å². The zero-order valence-corrected chi connectivity index (χ0v) is 12.1. The van der Waals surface area contributed by atoms with Crippen molar-refractivity contribution in [3.05, 3.63) is 82.4 Å². The Morgan fingerprint density at radius 2 is 1.12 bits per heavy atom. The summed E-state index contributed by atoms with van der Waals surface area (Å²) in [5, 5.41) is 1.56. The Hall–Kier alpha value is -2.95. The maximum atomic E-state index is 12.9. The van der Waals surface area contributed by atoms with Gasteiger partial charge in [0.1, 0.15) is 0 Å². The molecule has 0 aliphatic heterocycles. The van der Waals surface area contributed by atoms with E-state index in [0.717, 1.165) is 29.0 Å². The van der Waals surface area contributed by atoms with Gasteiger partial charge in [0, 0.05) is 22.3 Å². The van der Waals surface area contributed by atoms with E-state index in [2.05, 4.69) is 0 Å². The van der Waals surface area contributed by atoms with Gasteiger partial charge in [-0.2, -0.15) is 13.2 Å². The molecule has 1 aliphatic carbocycles. The van der Waals surface area contributed by atoms with Gasteiger partial charge in [0.15, 0.2) is 11.6 Å². The van der Waals surface area contributed by atoms with Crippen LogP contribution in [0, 0.1) is 0 Å². The Labute approximate surface area is 134 Å². The molecule has 0 heterocycles. The number of benzene rings is 3. The van der Waals surface area contributed by atoms with Crippen molar-refractivity contribution < 1.29 is 22.8 Å². The molecule has 0 bridgehead atoms. The number of carbonyl (C=O) groups excluding carboxylic acids is 2. The molecule has 0 N–H and O–H groups in total. The Balaban J connectivity index is 1.97. The molecule has 0 unspecified atom stereocenters. The highest BCUT2D eigenvalue weighted by atomic mass is 19.4. The maximum absolute atomic E-state index is 12.9. The fourth-order valence-corrected chi connectivity index (χ4v) is 3.01. The summed E-state index contributed by atoms with van der Waals surface area (Å²) < 4.78 is 38.7. The monoisotopic (exact) mass is 326 g/mol. The molecule has 24 heavy (non-hydrogen) atoms. The van der Waals surface area contributed by atoms with Crippen molar-refractivity contribution in [1.29, 1.82) is 0 Å². The van der Waals surface area contributed by atoms with Gasteiger partial charge in [0.25, 0.3) is 0 Å². The Bertz CT molecular complexity index is 1030. The van der Waals surface area contributed by atoms with E-state index in [1.165, 1.54) is 0 Å². The predicted molar refractivity (Wildman–Crippen MR) is 82.3 cm³/mol. The zero-order valence-electron chi connectivity index (χ0n) is 12.1. The molecular weight excluding hydrogens is 317 g/mol. The summed E-state index contributed by atoms with van der Waals surface area (Å²) in [6, 6.07) is 13.1. The third-order valence-electron chi connectivity index (χ3n) is 4.21. The lowest BCUT2D eigenvalue weighted by Crippen LogP contribution is -2.22. The molecule has 3 aromatic rings. The first-order valence-corrected chi connectivity index (χ1v) is 7.20. The van der Waals surface area contributed by atoms with Crippen LogP contribution in [0.4, 0.5) is 13.2 Å². The van der Waals surface area contributed by atoms with Crippen LogP contribution in [0.1, 0.15) is 37.4 Å². The lowest BCUT2D eigenvalue weighted by atomic mass is 9.82. The van der Waals surface area contributed by atoms with Crippen LogP contribution in [0.5, 0.6) is 0 Å². The first-order valence-electron chi connectivity index (χ1n) is 7.20. The second-order valence-corrected chi connectivity index (χ2v) is 5.66. The van der Waals surface area contributed by atoms with Crippen LogP contribution < -0.4 is 0 Å². The van der Waals surface area contributed by atoms with Gasteiger partial charge in [-0.15, -0.1) is 0 Å². The number of fused-ring (bicyclic) bond motifs is 3. The standard InChI is InChI=1S/C19H9F3O2/c20-19(21,22)12-5-6-13-16(9-12)18(24)15-8-11-4-2-1-3-10(11)7-14(15)17(13)23/h1-9H. The first kappa shape index (κ1) is 14.6. The van der Waals surface area contributed by atoms with Crippen LogP contribution in [-0.2, 0) is 6.18 Å². The van der Waals surface area contributed by atoms with Gasteiger partial charge in [0.2, 0.25) is 0 Å². The highest BCUT2D eigenvalue weighted by Crippen LogP contribution is 2.35. The summed E-state index contributed by atoms with van der Waals surface area (Å²) in [4.78, 5) is 25.3. The van der Waals surface area contributed by atoms with Gasteiger partial charge < -0.3 is 0 Å². The van der Waals surface area contributed by atoms with Crippen molar-refractivity contribution in [2.45, 2.75) is 6.18 Å². The molecule has 0 fully saturated rings. The third-order valence-corrected chi connectivity index (χ3v) is 4.21. The quantitative estimate of drug-likeness (QED) is 0.472. The van der Waals surface area contributed by atoms with Crippen LogP contribution in [0.25, 0.3) is 10.8 Å². The molecule has 1 aliphatic rings. The van der Waals surface area contributed by atoms with Crippen molar-refractivity contribution in [3.8, 4) is 0 Å². The van der Waals surface area contributed by atoms with Crippen LogP contribution in [0.15, 0.2) is 54.6 Å². The van der Waals surface area contributed by atoms with Gasteiger partial charge in [0.05, 0.1) is 5.56 Å². The Morgan fingerprint density at radius 1 is 0.625 bits per heavy atom. The van der Waals surface area contributed by atoms with E-state index in [1.54, 1.807) is 24.3 Å². The normalized spacial score (nSPS) is 13.8. The lowest BCUT2D eigenvalue weighted by molar-refractivity contribution is -0.137. The fraction of sp³-hybridized carbons (Fsp3) is 0.0526. The zero-order chi connectivity index (χ0) is 17.1. The summed E-state index contributed by atoms with van der Waals surface area (Å²) in [6.07, 6.45) is -4.57. The summed E-state index contributed by atoms with van der Waals surface area (Å²) in [7, 11) is 0. The molecule has 0 saturated carbocycles. The van der Waals surface area contributed by atoms with Gasteiger partial charge in [-0.1, -0.05) is 24.3 Å². The van der Waals surface area contributed by atoms with Crippen LogP contribution in [-0.4, -0.2) is 11.6 Å².